The molecule has 4 aliphatic heterocycles. The monoisotopic (exact) mass is 606 g/mol. The molecule has 232 valence electrons. The fourth-order valence-corrected chi connectivity index (χ4v) is 8.83. The molecule has 0 radical (unpaired) electrons. The minimum atomic E-state index is 0.178. The molecular weight excluding hydrogens is 564 g/mol. The second-order valence-corrected chi connectivity index (χ2v) is 13.8. The molecule has 1 aliphatic carbocycles. The maximum atomic E-state index is 10.0. The van der Waals surface area contributed by atoms with Gasteiger partial charge >= 0.3 is 0 Å². The van der Waals surface area contributed by atoms with E-state index in [9.17, 15) is 5.26 Å². The maximum Gasteiger partial charge on any atom is 0.137 e. The van der Waals surface area contributed by atoms with E-state index in [0.29, 0.717) is 24.1 Å². The molecule has 4 fully saturated rings. The SMILES string of the molecule is C=N/C(=C1/C=C(Cc2ccccc2C#N)C(c2cccc3ccccc23)=C/C1=N/CC12CCCN1CCC2)N1CC2CCC(C1)N2. The van der Waals surface area contributed by atoms with Gasteiger partial charge in [-0.15, -0.1) is 0 Å². The fraction of sp³-hybridized carbons (Fsp3) is 0.375. The summed E-state index contributed by atoms with van der Waals surface area (Å²) in [5.41, 5.74) is 7.52. The third-order valence-corrected chi connectivity index (χ3v) is 11.1. The van der Waals surface area contributed by atoms with Crippen molar-refractivity contribution in [1.82, 2.24) is 15.1 Å². The Morgan fingerprint density at radius 2 is 1.67 bits per heavy atom. The number of fused-ring (bicyclic) bond motifs is 4. The third kappa shape index (κ3) is 5.22. The molecule has 0 amide bonds. The molecule has 0 aromatic heterocycles. The number of likely N-dealkylation sites (tertiary alicyclic amines) is 1. The van der Waals surface area contributed by atoms with E-state index in [2.05, 4.69) is 88.6 Å². The molecule has 8 rings (SSSR count). The average Bonchev–Trinajstić information content (AvgIpc) is 3.78. The second-order valence-electron chi connectivity index (χ2n) is 13.8. The van der Waals surface area contributed by atoms with E-state index in [4.69, 9.17) is 9.98 Å². The zero-order valence-corrected chi connectivity index (χ0v) is 26.6. The van der Waals surface area contributed by atoms with Crippen LogP contribution in [-0.4, -0.2) is 72.6 Å². The van der Waals surface area contributed by atoms with Crippen LogP contribution in [-0.2, 0) is 6.42 Å². The van der Waals surface area contributed by atoms with Crippen LogP contribution in [0.3, 0.4) is 0 Å². The van der Waals surface area contributed by atoms with E-state index in [1.54, 1.807) is 0 Å². The first kappa shape index (κ1) is 29.1. The van der Waals surface area contributed by atoms with E-state index < -0.39 is 0 Å². The van der Waals surface area contributed by atoms with Gasteiger partial charge in [-0.2, -0.15) is 5.26 Å². The summed E-state index contributed by atoms with van der Waals surface area (Å²) in [5, 5.41) is 16.2. The van der Waals surface area contributed by atoms with Crippen LogP contribution in [0.5, 0.6) is 0 Å². The van der Waals surface area contributed by atoms with E-state index in [1.807, 2.05) is 18.2 Å². The fourth-order valence-electron chi connectivity index (χ4n) is 8.83. The minimum Gasteiger partial charge on any atom is -0.353 e. The summed E-state index contributed by atoms with van der Waals surface area (Å²) in [6.45, 7) is 9.18. The first-order valence-corrected chi connectivity index (χ1v) is 17.0. The molecule has 46 heavy (non-hydrogen) atoms. The number of nitrogens with zero attached hydrogens (tertiary/aromatic N) is 5. The highest BCUT2D eigenvalue weighted by molar-refractivity contribution is 6.19. The Bertz CT molecular complexity index is 1830. The van der Waals surface area contributed by atoms with E-state index >= 15 is 0 Å². The van der Waals surface area contributed by atoms with Crippen LogP contribution < -0.4 is 5.32 Å². The minimum absolute atomic E-state index is 0.178. The predicted molar refractivity (Wildman–Crippen MR) is 188 cm³/mol. The number of piperazine rings is 1. The standard InChI is InChI=1S/C40H42N6/c1-42-39(45-25-32-15-16-33(26-45)44-32)37-22-31(21-29-10-2-3-11-30(29)24-41)36(35-14-6-12-28-9-4-5-13-34(28)35)23-38(37)43-27-40-17-7-19-46(40)20-8-18-40/h2-6,9-14,22-23,32-33,44H,1,7-8,15-21,25-27H2/b39-37+,43-38-. The van der Waals surface area contributed by atoms with Crippen molar-refractivity contribution in [2.75, 3.05) is 32.7 Å². The molecule has 4 saturated heterocycles. The molecule has 2 bridgehead atoms. The van der Waals surface area contributed by atoms with Crippen LogP contribution >= 0.6 is 0 Å². The molecule has 6 heteroatoms. The van der Waals surface area contributed by atoms with Gasteiger partial charge in [0, 0.05) is 36.3 Å². The van der Waals surface area contributed by atoms with Gasteiger partial charge in [-0.1, -0.05) is 60.7 Å². The van der Waals surface area contributed by atoms with Gasteiger partial charge in [-0.05, 0) is 116 Å². The number of rotatable bonds is 7. The van der Waals surface area contributed by atoms with Gasteiger partial charge in [0.05, 0.1) is 23.9 Å². The number of hydrogen-bond donors (Lipinski definition) is 1. The maximum absolute atomic E-state index is 10.0. The zero-order valence-electron chi connectivity index (χ0n) is 26.6. The van der Waals surface area contributed by atoms with Crippen molar-refractivity contribution in [2.24, 2.45) is 9.98 Å². The van der Waals surface area contributed by atoms with Gasteiger partial charge in [0.2, 0.25) is 0 Å². The van der Waals surface area contributed by atoms with Gasteiger partial charge < -0.3 is 10.2 Å². The zero-order chi connectivity index (χ0) is 31.1. The lowest BCUT2D eigenvalue weighted by Crippen LogP contribution is -2.50. The summed E-state index contributed by atoms with van der Waals surface area (Å²) in [6, 6.07) is 26.6. The topological polar surface area (TPSA) is 67.0 Å². The summed E-state index contributed by atoms with van der Waals surface area (Å²) < 4.78 is 0. The summed E-state index contributed by atoms with van der Waals surface area (Å²) in [4.78, 5) is 15.4. The van der Waals surface area contributed by atoms with Gasteiger partial charge in [0.25, 0.3) is 0 Å². The van der Waals surface area contributed by atoms with Crippen LogP contribution in [0.2, 0.25) is 0 Å². The van der Waals surface area contributed by atoms with E-state index in [-0.39, 0.29) is 5.54 Å². The van der Waals surface area contributed by atoms with E-state index in [1.165, 1.54) is 79.1 Å². The van der Waals surface area contributed by atoms with Crippen molar-refractivity contribution >= 4 is 28.8 Å². The van der Waals surface area contributed by atoms with Crippen molar-refractivity contribution in [2.45, 2.75) is 62.6 Å². The van der Waals surface area contributed by atoms with Crippen LogP contribution in [0.25, 0.3) is 16.3 Å². The molecule has 5 aliphatic rings. The highest BCUT2D eigenvalue weighted by atomic mass is 15.3. The highest BCUT2D eigenvalue weighted by Crippen LogP contribution is 2.41. The number of allylic oxidation sites excluding steroid dienone is 5. The van der Waals surface area contributed by atoms with Crippen LogP contribution in [0.15, 0.2) is 106 Å². The lowest BCUT2D eigenvalue weighted by atomic mass is 9.83. The van der Waals surface area contributed by atoms with Crippen molar-refractivity contribution < 1.29 is 0 Å². The average molecular weight is 607 g/mol. The number of benzene rings is 3. The summed E-state index contributed by atoms with van der Waals surface area (Å²) in [6.07, 6.45) is 12.7. The molecule has 0 saturated carbocycles. The number of hydrogen-bond acceptors (Lipinski definition) is 6. The lowest BCUT2D eigenvalue weighted by molar-refractivity contribution is 0.204. The van der Waals surface area contributed by atoms with Crippen molar-refractivity contribution in [1.29, 1.82) is 5.26 Å². The number of nitrogens with one attached hydrogen (secondary N) is 1. The normalized spacial score (nSPS) is 25.7. The molecule has 3 aromatic carbocycles. The van der Waals surface area contributed by atoms with Crippen LogP contribution in [0.1, 0.15) is 55.2 Å². The van der Waals surface area contributed by atoms with Crippen molar-refractivity contribution in [3.8, 4) is 6.07 Å². The Labute approximate surface area is 272 Å². The molecule has 2 atom stereocenters. The Kier molecular flexibility index (Phi) is 7.68. The molecule has 3 aromatic rings. The smallest absolute Gasteiger partial charge is 0.137 e. The second kappa shape index (κ2) is 12.1. The first-order chi connectivity index (χ1) is 22.6. The van der Waals surface area contributed by atoms with Crippen molar-refractivity contribution in [3.63, 3.8) is 0 Å². The molecular formula is C40H42N6. The Hall–Kier alpha value is -4.31. The molecule has 1 N–H and O–H groups in total. The highest BCUT2D eigenvalue weighted by Gasteiger charge is 2.44. The largest absolute Gasteiger partial charge is 0.353 e. The van der Waals surface area contributed by atoms with Gasteiger partial charge in [0.15, 0.2) is 0 Å². The van der Waals surface area contributed by atoms with Gasteiger partial charge in [-0.25, -0.2) is 4.99 Å². The first-order valence-electron chi connectivity index (χ1n) is 17.0. The molecule has 2 unspecified atom stereocenters. The Morgan fingerprint density at radius 3 is 2.46 bits per heavy atom. The van der Waals surface area contributed by atoms with Gasteiger partial charge in [-0.3, -0.25) is 9.89 Å². The third-order valence-electron chi connectivity index (χ3n) is 11.1. The summed E-state index contributed by atoms with van der Waals surface area (Å²) in [5.74, 6) is 0.934. The quantitative estimate of drug-likeness (QED) is 0.304. The van der Waals surface area contributed by atoms with E-state index in [0.717, 1.165) is 42.3 Å². The number of nitriles is 1. The predicted octanol–water partition coefficient (Wildman–Crippen LogP) is 6.70. The van der Waals surface area contributed by atoms with Crippen LogP contribution in [0, 0.1) is 11.3 Å². The Balaban J connectivity index is 1.31. The summed E-state index contributed by atoms with van der Waals surface area (Å²) in [7, 11) is 0. The number of aliphatic imine (C=N–C) groups is 2. The van der Waals surface area contributed by atoms with Crippen LogP contribution in [0.4, 0.5) is 0 Å². The van der Waals surface area contributed by atoms with Crippen molar-refractivity contribution in [3.05, 3.63) is 113 Å². The Morgan fingerprint density at radius 1 is 0.935 bits per heavy atom. The summed E-state index contributed by atoms with van der Waals surface area (Å²) >= 11 is 0. The lowest BCUT2D eigenvalue weighted by Gasteiger charge is -2.36. The van der Waals surface area contributed by atoms with Gasteiger partial charge in [0.1, 0.15) is 5.82 Å². The molecule has 0 spiro atoms. The molecule has 6 nitrogen and oxygen atoms in total. The molecule has 4 heterocycles.